The maximum absolute atomic E-state index is 6.17. The Morgan fingerprint density at radius 3 is 2.75 bits per heavy atom. The molecule has 2 aliphatic heterocycles. The third-order valence-electron chi connectivity index (χ3n) is 4.80. The van der Waals surface area contributed by atoms with Gasteiger partial charge in [-0.1, -0.05) is 6.07 Å². The first kappa shape index (κ1) is 14.0. The van der Waals surface area contributed by atoms with E-state index in [0.717, 1.165) is 39.1 Å². The van der Waals surface area contributed by atoms with Gasteiger partial charge in [0.2, 0.25) is 0 Å². The fourth-order valence-corrected chi connectivity index (χ4v) is 3.34. The van der Waals surface area contributed by atoms with Crippen LogP contribution in [-0.4, -0.2) is 60.2 Å². The summed E-state index contributed by atoms with van der Waals surface area (Å²) in [6.07, 6.45) is 5.38. The van der Waals surface area contributed by atoms with E-state index >= 15 is 0 Å². The molecule has 3 rings (SSSR count). The van der Waals surface area contributed by atoms with E-state index in [1.54, 1.807) is 0 Å². The van der Waals surface area contributed by atoms with Crippen LogP contribution in [0.15, 0.2) is 24.4 Å². The summed E-state index contributed by atoms with van der Waals surface area (Å²) in [5, 5.41) is 0. The quantitative estimate of drug-likeness (QED) is 0.840. The monoisotopic (exact) mass is 275 g/mol. The molecule has 3 heterocycles. The van der Waals surface area contributed by atoms with Gasteiger partial charge in [0.15, 0.2) is 0 Å². The molecule has 4 nitrogen and oxygen atoms in total. The Morgan fingerprint density at radius 1 is 1.35 bits per heavy atom. The molecule has 2 saturated heterocycles. The molecule has 0 aliphatic carbocycles. The van der Waals surface area contributed by atoms with Crippen molar-refractivity contribution < 1.29 is 4.74 Å². The van der Waals surface area contributed by atoms with Crippen LogP contribution >= 0.6 is 0 Å². The molecule has 2 aliphatic rings. The minimum absolute atomic E-state index is 0.148. The van der Waals surface area contributed by atoms with Gasteiger partial charge < -0.3 is 9.64 Å². The molecule has 1 aromatic rings. The van der Waals surface area contributed by atoms with Crippen molar-refractivity contribution in [1.29, 1.82) is 0 Å². The summed E-state index contributed by atoms with van der Waals surface area (Å²) in [4.78, 5) is 9.22. The van der Waals surface area contributed by atoms with Crippen molar-refractivity contribution in [3.8, 4) is 0 Å². The van der Waals surface area contributed by atoms with Crippen LogP contribution in [0, 0.1) is 0 Å². The summed E-state index contributed by atoms with van der Waals surface area (Å²) in [5.74, 6) is 0. The zero-order valence-corrected chi connectivity index (χ0v) is 12.6. The molecular weight excluding hydrogens is 250 g/mol. The van der Waals surface area contributed by atoms with Crippen molar-refractivity contribution >= 4 is 0 Å². The lowest BCUT2D eigenvalue weighted by atomic mass is 9.87. The second-order valence-corrected chi connectivity index (χ2v) is 6.41. The fraction of sp³-hybridized carbons (Fsp3) is 0.688. The molecule has 0 amide bonds. The molecule has 20 heavy (non-hydrogen) atoms. The van der Waals surface area contributed by atoms with Crippen LogP contribution in [0.2, 0.25) is 0 Å². The van der Waals surface area contributed by atoms with Gasteiger partial charge in [0.1, 0.15) is 0 Å². The maximum atomic E-state index is 6.17. The number of piperidine rings is 1. The number of hydrogen-bond donors (Lipinski definition) is 0. The van der Waals surface area contributed by atoms with Gasteiger partial charge in [-0.15, -0.1) is 0 Å². The highest BCUT2D eigenvalue weighted by atomic mass is 16.5. The van der Waals surface area contributed by atoms with Crippen LogP contribution in [-0.2, 0) is 11.3 Å². The van der Waals surface area contributed by atoms with E-state index < -0.39 is 0 Å². The summed E-state index contributed by atoms with van der Waals surface area (Å²) < 4.78 is 6.17. The smallest absolute Gasteiger partial charge is 0.0723 e. The number of nitrogens with zero attached hydrogens (tertiary/aromatic N) is 3. The van der Waals surface area contributed by atoms with E-state index in [2.05, 4.69) is 41.0 Å². The summed E-state index contributed by atoms with van der Waals surface area (Å²) in [7, 11) is 4.31. The second-order valence-electron chi connectivity index (χ2n) is 6.41. The Bertz CT molecular complexity index is 427. The molecule has 0 N–H and O–H groups in total. The Hall–Kier alpha value is -0.970. The van der Waals surface area contributed by atoms with Gasteiger partial charge in [0, 0.05) is 31.9 Å². The third-order valence-corrected chi connectivity index (χ3v) is 4.80. The van der Waals surface area contributed by atoms with Gasteiger partial charge in [-0.25, -0.2) is 0 Å². The van der Waals surface area contributed by atoms with E-state index in [4.69, 9.17) is 4.74 Å². The topological polar surface area (TPSA) is 28.6 Å². The number of pyridine rings is 1. The minimum atomic E-state index is 0.148. The van der Waals surface area contributed by atoms with Crippen molar-refractivity contribution in [2.75, 3.05) is 33.8 Å². The van der Waals surface area contributed by atoms with Gasteiger partial charge in [-0.05, 0) is 45.5 Å². The number of hydrogen-bond acceptors (Lipinski definition) is 4. The standard InChI is InChI=1S/C16H25N3O/c1-18(2)15-11-16(20-13-15)6-9-19(10-7-16)12-14-5-3-4-8-17-14/h3-5,8,15H,6-7,9-13H2,1-2H3/t15-/m0/s1. The zero-order valence-electron chi connectivity index (χ0n) is 12.6. The van der Waals surface area contributed by atoms with Crippen LogP contribution < -0.4 is 0 Å². The van der Waals surface area contributed by atoms with Crippen molar-refractivity contribution in [3.05, 3.63) is 30.1 Å². The molecule has 0 aromatic carbocycles. The maximum Gasteiger partial charge on any atom is 0.0723 e. The molecule has 0 bridgehead atoms. The molecule has 110 valence electrons. The van der Waals surface area contributed by atoms with Crippen LogP contribution in [0.25, 0.3) is 0 Å². The Morgan fingerprint density at radius 2 is 2.15 bits per heavy atom. The van der Waals surface area contributed by atoms with Crippen LogP contribution in [0.4, 0.5) is 0 Å². The fourth-order valence-electron chi connectivity index (χ4n) is 3.34. The first-order valence-electron chi connectivity index (χ1n) is 7.60. The molecular formula is C16H25N3O. The highest BCUT2D eigenvalue weighted by molar-refractivity contribution is 5.04. The molecule has 1 aromatic heterocycles. The largest absolute Gasteiger partial charge is 0.373 e. The van der Waals surface area contributed by atoms with Gasteiger partial charge in [-0.2, -0.15) is 0 Å². The second kappa shape index (κ2) is 5.80. The molecule has 0 radical (unpaired) electrons. The van der Waals surface area contributed by atoms with E-state index in [1.165, 1.54) is 12.1 Å². The van der Waals surface area contributed by atoms with Crippen LogP contribution in [0.3, 0.4) is 0 Å². The molecule has 0 unspecified atom stereocenters. The molecule has 0 saturated carbocycles. The number of rotatable bonds is 3. The SMILES string of the molecule is CN(C)[C@@H]1COC2(CCN(Cc3ccccn3)CC2)C1. The van der Waals surface area contributed by atoms with Gasteiger partial charge in [-0.3, -0.25) is 9.88 Å². The van der Waals surface area contributed by atoms with Gasteiger partial charge >= 0.3 is 0 Å². The number of aromatic nitrogens is 1. The zero-order chi connectivity index (χ0) is 14.0. The van der Waals surface area contributed by atoms with Crippen molar-refractivity contribution in [1.82, 2.24) is 14.8 Å². The lowest BCUT2D eigenvalue weighted by Gasteiger charge is -2.38. The molecule has 1 atom stereocenters. The predicted molar refractivity (Wildman–Crippen MR) is 79.5 cm³/mol. The highest BCUT2D eigenvalue weighted by Gasteiger charge is 2.43. The van der Waals surface area contributed by atoms with Crippen LogP contribution in [0.5, 0.6) is 0 Å². The van der Waals surface area contributed by atoms with Crippen molar-refractivity contribution in [3.63, 3.8) is 0 Å². The average molecular weight is 275 g/mol. The normalized spacial score (nSPS) is 26.4. The summed E-state index contributed by atoms with van der Waals surface area (Å²) in [5.41, 5.74) is 1.32. The summed E-state index contributed by atoms with van der Waals surface area (Å²) in [6.45, 7) is 4.11. The molecule has 4 heteroatoms. The van der Waals surface area contributed by atoms with E-state index in [9.17, 15) is 0 Å². The first-order chi connectivity index (χ1) is 9.67. The van der Waals surface area contributed by atoms with E-state index in [0.29, 0.717) is 6.04 Å². The number of likely N-dealkylation sites (N-methyl/N-ethyl adjacent to an activating group) is 1. The Kier molecular flexibility index (Phi) is 4.06. The molecule has 1 spiro atoms. The lowest BCUT2D eigenvalue weighted by molar-refractivity contribution is -0.0453. The highest BCUT2D eigenvalue weighted by Crippen LogP contribution is 2.37. The Labute approximate surface area is 121 Å². The van der Waals surface area contributed by atoms with Crippen LogP contribution in [0.1, 0.15) is 25.0 Å². The first-order valence-corrected chi connectivity index (χ1v) is 7.60. The van der Waals surface area contributed by atoms with E-state index in [-0.39, 0.29) is 5.60 Å². The average Bonchev–Trinajstić information content (AvgIpc) is 2.87. The van der Waals surface area contributed by atoms with Crippen molar-refractivity contribution in [2.45, 2.75) is 37.5 Å². The summed E-state index contributed by atoms with van der Waals surface area (Å²) >= 11 is 0. The summed E-state index contributed by atoms with van der Waals surface area (Å²) in [6, 6.07) is 6.74. The van der Waals surface area contributed by atoms with Crippen molar-refractivity contribution in [2.24, 2.45) is 0 Å². The predicted octanol–water partition coefficient (Wildman–Crippen LogP) is 1.77. The number of likely N-dealkylation sites (tertiary alicyclic amines) is 1. The Balaban J connectivity index is 1.53. The van der Waals surface area contributed by atoms with Gasteiger partial charge in [0.25, 0.3) is 0 Å². The van der Waals surface area contributed by atoms with Gasteiger partial charge in [0.05, 0.1) is 17.9 Å². The third kappa shape index (κ3) is 3.03. The molecule has 2 fully saturated rings. The lowest BCUT2D eigenvalue weighted by Crippen LogP contribution is -2.44. The van der Waals surface area contributed by atoms with E-state index in [1.807, 2.05) is 12.3 Å². The minimum Gasteiger partial charge on any atom is -0.373 e. The number of ether oxygens (including phenoxy) is 1.